The van der Waals surface area contributed by atoms with Crippen LogP contribution in [-0.2, 0) is 6.18 Å². The highest BCUT2D eigenvalue weighted by atomic mass is 19.4. The summed E-state index contributed by atoms with van der Waals surface area (Å²) >= 11 is 0. The third kappa shape index (κ3) is 3.75. The van der Waals surface area contributed by atoms with E-state index < -0.39 is 18.1 Å². The predicted octanol–water partition coefficient (Wildman–Crippen LogP) is 2.13. The first-order valence-corrected chi connectivity index (χ1v) is 6.88. The highest BCUT2D eigenvalue weighted by molar-refractivity contribution is 5.49. The van der Waals surface area contributed by atoms with Gasteiger partial charge in [0.2, 0.25) is 5.82 Å². The van der Waals surface area contributed by atoms with E-state index in [2.05, 4.69) is 15.3 Å². The number of rotatable bonds is 3. The van der Waals surface area contributed by atoms with Crippen molar-refractivity contribution >= 4 is 11.6 Å². The van der Waals surface area contributed by atoms with Crippen LogP contribution in [0.15, 0.2) is 6.07 Å². The molecule has 1 atom stereocenters. The normalized spacial score (nSPS) is 18.7. The van der Waals surface area contributed by atoms with E-state index in [-0.39, 0.29) is 17.6 Å². The van der Waals surface area contributed by atoms with Gasteiger partial charge in [-0.2, -0.15) is 13.2 Å². The van der Waals surface area contributed by atoms with Crippen molar-refractivity contribution in [2.75, 3.05) is 30.4 Å². The van der Waals surface area contributed by atoms with E-state index in [4.69, 9.17) is 0 Å². The third-order valence-corrected chi connectivity index (χ3v) is 3.77. The van der Waals surface area contributed by atoms with Crippen LogP contribution in [0.5, 0.6) is 0 Å². The molecule has 21 heavy (non-hydrogen) atoms. The Morgan fingerprint density at radius 3 is 2.43 bits per heavy atom. The van der Waals surface area contributed by atoms with Crippen molar-refractivity contribution in [1.29, 1.82) is 0 Å². The van der Waals surface area contributed by atoms with Gasteiger partial charge in [0.1, 0.15) is 11.6 Å². The lowest BCUT2D eigenvalue weighted by Crippen LogP contribution is -2.37. The smallest absolute Gasteiger partial charge is 0.393 e. The van der Waals surface area contributed by atoms with E-state index in [0.717, 1.165) is 12.8 Å². The van der Waals surface area contributed by atoms with Gasteiger partial charge in [0.25, 0.3) is 0 Å². The summed E-state index contributed by atoms with van der Waals surface area (Å²) in [5, 5.41) is 12.2. The number of aliphatic hydroxyl groups excluding tert-OH is 1. The zero-order chi connectivity index (χ0) is 15.6. The van der Waals surface area contributed by atoms with Crippen molar-refractivity contribution in [3.05, 3.63) is 11.9 Å². The highest BCUT2D eigenvalue weighted by Crippen LogP contribution is 2.31. The lowest BCUT2D eigenvalue weighted by Gasteiger charge is -2.34. The zero-order valence-electron chi connectivity index (χ0n) is 12.0. The summed E-state index contributed by atoms with van der Waals surface area (Å²) in [5.74, 6) is -0.536. The molecule has 1 saturated heterocycles. The molecule has 0 aliphatic carbocycles. The Kier molecular flexibility index (Phi) is 4.55. The number of hydrogen-bond donors (Lipinski definition) is 2. The molecule has 0 radical (unpaired) electrons. The van der Waals surface area contributed by atoms with Crippen molar-refractivity contribution in [3.63, 3.8) is 0 Å². The fourth-order valence-electron chi connectivity index (χ4n) is 2.46. The van der Waals surface area contributed by atoms with Crippen molar-refractivity contribution in [1.82, 2.24) is 9.97 Å². The summed E-state index contributed by atoms with van der Waals surface area (Å²) in [6, 6.07) is 1.51. The SMILES string of the molecule is CNc1cc(N2CCC(C(C)O)CC2)nc(C(F)(F)F)n1. The van der Waals surface area contributed by atoms with E-state index in [1.54, 1.807) is 11.8 Å². The third-order valence-electron chi connectivity index (χ3n) is 3.77. The van der Waals surface area contributed by atoms with Crippen molar-refractivity contribution in [2.45, 2.75) is 32.0 Å². The summed E-state index contributed by atoms with van der Waals surface area (Å²) in [7, 11) is 1.52. The van der Waals surface area contributed by atoms with E-state index in [0.29, 0.717) is 13.1 Å². The molecule has 1 unspecified atom stereocenters. The van der Waals surface area contributed by atoms with Crippen LogP contribution in [0.25, 0.3) is 0 Å². The van der Waals surface area contributed by atoms with Gasteiger partial charge >= 0.3 is 6.18 Å². The van der Waals surface area contributed by atoms with Gasteiger partial charge in [-0.25, -0.2) is 9.97 Å². The summed E-state index contributed by atoms with van der Waals surface area (Å²) in [5.41, 5.74) is 0. The van der Waals surface area contributed by atoms with E-state index in [1.165, 1.54) is 13.1 Å². The lowest BCUT2D eigenvalue weighted by atomic mass is 9.92. The van der Waals surface area contributed by atoms with Crippen molar-refractivity contribution in [2.24, 2.45) is 5.92 Å². The highest BCUT2D eigenvalue weighted by Gasteiger charge is 2.36. The Morgan fingerprint density at radius 2 is 1.95 bits per heavy atom. The largest absolute Gasteiger partial charge is 0.451 e. The first-order chi connectivity index (χ1) is 9.81. The maximum absolute atomic E-state index is 12.8. The van der Waals surface area contributed by atoms with Crippen LogP contribution in [0, 0.1) is 5.92 Å². The molecule has 0 spiro atoms. The summed E-state index contributed by atoms with van der Waals surface area (Å²) < 4.78 is 38.4. The van der Waals surface area contributed by atoms with Crippen LogP contribution in [-0.4, -0.2) is 41.3 Å². The molecule has 2 rings (SSSR count). The van der Waals surface area contributed by atoms with Crippen LogP contribution in [0.4, 0.5) is 24.8 Å². The van der Waals surface area contributed by atoms with Gasteiger partial charge in [-0.05, 0) is 25.7 Å². The molecule has 8 heteroatoms. The Labute approximate surface area is 121 Å². The molecule has 2 heterocycles. The molecule has 1 aliphatic rings. The van der Waals surface area contributed by atoms with Crippen LogP contribution >= 0.6 is 0 Å². The standard InChI is InChI=1S/C13H19F3N4O/c1-8(21)9-3-5-20(6-4-9)11-7-10(17-2)18-12(19-11)13(14,15)16/h7-9,21H,3-6H2,1-2H3,(H,17,18,19). The first kappa shape index (κ1) is 15.8. The summed E-state index contributed by atoms with van der Waals surface area (Å²) in [6.45, 7) is 2.89. The minimum absolute atomic E-state index is 0.143. The molecule has 1 aliphatic heterocycles. The average Bonchev–Trinajstić information content (AvgIpc) is 2.46. The second kappa shape index (κ2) is 6.05. The summed E-state index contributed by atoms with van der Waals surface area (Å²) in [4.78, 5) is 8.88. The van der Waals surface area contributed by atoms with Gasteiger partial charge in [-0.1, -0.05) is 0 Å². The molecular weight excluding hydrogens is 285 g/mol. The minimum atomic E-state index is -4.57. The molecule has 1 aromatic heterocycles. The molecule has 1 fully saturated rings. The zero-order valence-corrected chi connectivity index (χ0v) is 12.0. The fourth-order valence-corrected chi connectivity index (χ4v) is 2.46. The van der Waals surface area contributed by atoms with Crippen LogP contribution in [0.2, 0.25) is 0 Å². The summed E-state index contributed by atoms with van der Waals surface area (Å²) in [6.07, 6.45) is -3.49. The predicted molar refractivity (Wildman–Crippen MR) is 73.2 cm³/mol. The number of halogens is 3. The molecule has 118 valence electrons. The second-order valence-electron chi connectivity index (χ2n) is 5.25. The Morgan fingerprint density at radius 1 is 1.33 bits per heavy atom. The number of anilines is 2. The Hall–Kier alpha value is -1.57. The maximum Gasteiger partial charge on any atom is 0.451 e. The maximum atomic E-state index is 12.8. The monoisotopic (exact) mass is 304 g/mol. The molecule has 0 amide bonds. The van der Waals surface area contributed by atoms with Gasteiger partial charge < -0.3 is 15.3 Å². The Balaban J connectivity index is 2.20. The van der Waals surface area contributed by atoms with E-state index in [9.17, 15) is 18.3 Å². The number of alkyl halides is 3. The van der Waals surface area contributed by atoms with Gasteiger partial charge in [-0.15, -0.1) is 0 Å². The van der Waals surface area contributed by atoms with Gasteiger partial charge in [0, 0.05) is 26.2 Å². The molecule has 5 nitrogen and oxygen atoms in total. The van der Waals surface area contributed by atoms with Crippen LogP contribution in [0.3, 0.4) is 0 Å². The number of aliphatic hydroxyl groups is 1. The molecule has 0 bridgehead atoms. The van der Waals surface area contributed by atoms with Crippen LogP contribution < -0.4 is 10.2 Å². The molecule has 0 saturated carbocycles. The van der Waals surface area contributed by atoms with Crippen molar-refractivity contribution in [3.8, 4) is 0 Å². The molecule has 0 aromatic carbocycles. The number of aromatic nitrogens is 2. The first-order valence-electron chi connectivity index (χ1n) is 6.88. The lowest BCUT2D eigenvalue weighted by molar-refractivity contribution is -0.144. The van der Waals surface area contributed by atoms with Gasteiger partial charge in [0.05, 0.1) is 6.10 Å². The molecule has 1 aromatic rings. The molecular formula is C13H19F3N4O. The van der Waals surface area contributed by atoms with Crippen molar-refractivity contribution < 1.29 is 18.3 Å². The van der Waals surface area contributed by atoms with E-state index >= 15 is 0 Å². The van der Waals surface area contributed by atoms with Gasteiger partial charge in [0.15, 0.2) is 0 Å². The van der Waals surface area contributed by atoms with Gasteiger partial charge in [-0.3, -0.25) is 0 Å². The number of nitrogens with zero attached hydrogens (tertiary/aromatic N) is 3. The quantitative estimate of drug-likeness (QED) is 0.896. The number of hydrogen-bond acceptors (Lipinski definition) is 5. The van der Waals surface area contributed by atoms with E-state index in [1.807, 2.05) is 0 Å². The average molecular weight is 304 g/mol. The number of piperidine rings is 1. The topological polar surface area (TPSA) is 61.3 Å². The van der Waals surface area contributed by atoms with Crippen LogP contribution in [0.1, 0.15) is 25.6 Å². The minimum Gasteiger partial charge on any atom is -0.393 e. The molecule has 2 N–H and O–H groups in total. The fraction of sp³-hybridized carbons (Fsp3) is 0.692. The second-order valence-corrected chi connectivity index (χ2v) is 5.25. The number of nitrogens with one attached hydrogen (secondary N) is 1. The Bertz CT molecular complexity index is 485.